The van der Waals surface area contributed by atoms with Crippen molar-refractivity contribution in [3.8, 4) is 17.0 Å². The zero-order valence-corrected chi connectivity index (χ0v) is 17.9. The molecule has 0 unspecified atom stereocenters. The highest BCUT2D eigenvalue weighted by Crippen LogP contribution is 2.29. The van der Waals surface area contributed by atoms with Gasteiger partial charge in [-0.3, -0.25) is 10.9 Å². The van der Waals surface area contributed by atoms with Crippen LogP contribution >= 0.6 is 23.2 Å². The van der Waals surface area contributed by atoms with Gasteiger partial charge in [0.05, 0.1) is 16.4 Å². The van der Waals surface area contributed by atoms with Crippen molar-refractivity contribution in [1.82, 2.24) is 9.97 Å². The molecule has 0 fully saturated rings. The maximum absolute atomic E-state index is 12.6. The lowest BCUT2D eigenvalue weighted by Gasteiger charge is -2.14. The van der Waals surface area contributed by atoms with Gasteiger partial charge in [0.2, 0.25) is 5.95 Å². The van der Waals surface area contributed by atoms with Crippen molar-refractivity contribution < 1.29 is 23.0 Å². The van der Waals surface area contributed by atoms with Crippen LogP contribution in [0, 0.1) is 0 Å². The lowest BCUT2D eigenvalue weighted by atomic mass is 10.1. The number of hydrogen-bond donors (Lipinski definition) is 4. The summed E-state index contributed by atoms with van der Waals surface area (Å²) >= 11 is 12.0. The van der Waals surface area contributed by atoms with Gasteiger partial charge in [0, 0.05) is 29.8 Å². The third-order valence-corrected chi connectivity index (χ3v) is 4.51. The molecule has 0 aliphatic heterocycles. The standard InChI is InChI=1S/C20H18Cl2F3N5O2/c21-13-5-6-16(15(22)10-13)29-30-18-11-17(27-19(28-18)26-7-2-8-31)12-3-1-4-14(9-12)32-20(23,24)25/h1,3-6,9-11,29,31H,2,7-8H2,(H2,26,27,28,30). The van der Waals surface area contributed by atoms with E-state index < -0.39 is 6.36 Å². The van der Waals surface area contributed by atoms with Crippen LogP contribution < -0.4 is 20.9 Å². The molecule has 0 radical (unpaired) electrons. The molecule has 3 rings (SSSR count). The van der Waals surface area contributed by atoms with E-state index in [0.717, 1.165) is 0 Å². The molecule has 0 aliphatic carbocycles. The molecule has 2 aromatic carbocycles. The molecule has 4 N–H and O–H groups in total. The van der Waals surface area contributed by atoms with E-state index in [1.165, 1.54) is 18.2 Å². The van der Waals surface area contributed by atoms with Crippen molar-refractivity contribution >= 4 is 40.7 Å². The van der Waals surface area contributed by atoms with Crippen molar-refractivity contribution in [3.05, 3.63) is 58.6 Å². The third-order valence-electron chi connectivity index (χ3n) is 3.96. The predicted molar refractivity (Wildman–Crippen MR) is 118 cm³/mol. The van der Waals surface area contributed by atoms with E-state index in [2.05, 4.69) is 30.9 Å². The smallest absolute Gasteiger partial charge is 0.406 e. The molecule has 0 aliphatic rings. The molecule has 3 aromatic rings. The van der Waals surface area contributed by atoms with Crippen molar-refractivity contribution in [2.45, 2.75) is 12.8 Å². The zero-order chi connectivity index (χ0) is 23.1. The first-order chi connectivity index (χ1) is 15.2. The second kappa shape index (κ2) is 10.6. The average Bonchev–Trinajstić information content (AvgIpc) is 2.72. The molecule has 0 saturated heterocycles. The Balaban J connectivity index is 1.88. The number of anilines is 3. The number of aliphatic hydroxyl groups excluding tert-OH is 1. The number of nitrogens with one attached hydrogen (secondary N) is 3. The summed E-state index contributed by atoms with van der Waals surface area (Å²) in [4.78, 5) is 8.66. The predicted octanol–water partition coefficient (Wildman–Crippen LogP) is 5.58. The molecule has 1 aromatic heterocycles. The molecule has 170 valence electrons. The lowest BCUT2D eigenvalue weighted by molar-refractivity contribution is -0.274. The molecule has 12 heteroatoms. The van der Waals surface area contributed by atoms with Crippen LogP contribution in [0.3, 0.4) is 0 Å². The average molecular weight is 488 g/mol. The molecule has 0 bridgehead atoms. The number of benzene rings is 2. The Labute approximate surface area is 191 Å². The highest BCUT2D eigenvalue weighted by atomic mass is 35.5. The third kappa shape index (κ3) is 7.04. The van der Waals surface area contributed by atoms with Crippen molar-refractivity contribution in [2.24, 2.45) is 0 Å². The minimum absolute atomic E-state index is 0.0226. The minimum Gasteiger partial charge on any atom is -0.406 e. The molecule has 0 atom stereocenters. The fraction of sp³-hybridized carbons (Fsp3) is 0.200. The first kappa shape index (κ1) is 23.7. The van der Waals surface area contributed by atoms with E-state index in [4.69, 9.17) is 28.3 Å². The fourth-order valence-electron chi connectivity index (χ4n) is 2.59. The summed E-state index contributed by atoms with van der Waals surface area (Å²) in [7, 11) is 0. The first-order valence-electron chi connectivity index (χ1n) is 9.30. The van der Waals surface area contributed by atoms with Crippen LogP contribution in [0.2, 0.25) is 10.0 Å². The van der Waals surface area contributed by atoms with Gasteiger partial charge in [-0.1, -0.05) is 35.3 Å². The van der Waals surface area contributed by atoms with E-state index in [0.29, 0.717) is 45.8 Å². The number of hydrazine groups is 1. The van der Waals surface area contributed by atoms with E-state index in [1.807, 2.05) is 0 Å². The van der Waals surface area contributed by atoms with Gasteiger partial charge in [0.25, 0.3) is 0 Å². The highest BCUT2D eigenvalue weighted by molar-refractivity contribution is 6.36. The molecule has 32 heavy (non-hydrogen) atoms. The maximum atomic E-state index is 12.6. The summed E-state index contributed by atoms with van der Waals surface area (Å²) in [6, 6.07) is 11.9. The number of rotatable bonds is 9. The van der Waals surface area contributed by atoms with Crippen LogP contribution in [0.25, 0.3) is 11.3 Å². The molecule has 0 saturated carbocycles. The van der Waals surface area contributed by atoms with Gasteiger partial charge >= 0.3 is 6.36 Å². The molecule has 7 nitrogen and oxygen atoms in total. The summed E-state index contributed by atoms with van der Waals surface area (Å²) < 4.78 is 41.7. The largest absolute Gasteiger partial charge is 0.573 e. The summed E-state index contributed by atoms with van der Waals surface area (Å²) in [5.74, 6) is 0.156. The van der Waals surface area contributed by atoms with Crippen LogP contribution in [0.4, 0.5) is 30.6 Å². The maximum Gasteiger partial charge on any atom is 0.573 e. The topological polar surface area (TPSA) is 91.3 Å². The second-order valence-corrected chi connectivity index (χ2v) is 7.26. The Hall–Kier alpha value is -2.95. The summed E-state index contributed by atoms with van der Waals surface area (Å²) in [6.07, 6.45) is -4.35. The fourth-order valence-corrected chi connectivity index (χ4v) is 3.05. The summed E-state index contributed by atoms with van der Waals surface area (Å²) in [6.45, 7) is 0.373. The van der Waals surface area contributed by atoms with Crippen molar-refractivity contribution in [3.63, 3.8) is 0 Å². The zero-order valence-electron chi connectivity index (χ0n) is 16.4. The van der Waals surface area contributed by atoms with Crippen molar-refractivity contribution in [2.75, 3.05) is 29.3 Å². The first-order valence-corrected chi connectivity index (χ1v) is 10.1. The van der Waals surface area contributed by atoms with Gasteiger partial charge in [-0.25, -0.2) is 4.98 Å². The molecular formula is C20H18Cl2F3N5O2. The lowest BCUT2D eigenvalue weighted by Crippen LogP contribution is -2.17. The Bertz CT molecular complexity index is 1070. The van der Waals surface area contributed by atoms with Gasteiger partial charge in [0.15, 0.2) is 5.82 Å². The van der Waals surface area contributed by atoms with Gasteiger partial charge in [0.1, 0.15) is 5.75 Å². The number of aromatic nitrogens is 2. The molecule has 0 amide bonds. The van der Waals surface area contributed by atoms with Crippen LogP contribution in [0.5, 0.6) is 5.75 Å². The van der Waals surface area contributed by atoms with Gasteiger partial charge in [-0.05, 0) is 36.8 Å². The monoisotopic (exact) mass is 487 g/mol. The SMILES string of the molecule is OCCCNc1nc(NNc2ccc(Cl)cc2Cl)cc(-c2cccc(OC(F)(F)F)c2)n1. The number of aliphatic hydroxyl groups is 1. The van der Waals surface area contributed by atoms with Gasteiger partial charge in [-0.2, -0.15) is 4.98 Å². The minimum atomic E-state index is -4.81. The molecule has 1 heterocycles. The van der Waals surface area contributed by atoms with Crippen LogP contribution in [-0.4, -0.2) is 34.6 Å². The number of halogens is 5. The second-order valence-electron chi connectivity index (χ2n) is 6.42. The normalized spacial score (nSPS) is 11.2. The number of ether oxygens (including phenoxy) is 1. The van der Waals surface area contributed by atoms with E-state index in [-0.39, 0.29) is 18.3 Å². The van der Waals surface area contributed by atoms with Crippen LogP contribution in [0.1, 0.15) is 6.42 Å². The van der Waals surface area contributed by atoms with Crippen LogP contribution in [0.15, 0.2) is 48.5 Å². The van der Waals surface area contributed by atoms with E-state index in [1.54, 1.807) is 30.3 Å². The Morgan fingerprint density at radius 3 is 2.53 bits per heavy atom. The molecular weight excluding hydrogens is 470 g/mol. The highest BCUT2D eigenvalue weighted by Gasteiger charge is 2.31. The summed E-state index contributed by atoms with van der Waals surface area (Å²) in [5.41, 5.74) is 7.04. The Kier molecular flexibility index (Phi) is 7.84. The Morgan fingerprint density at radius 1 is 1.00 bits per heavy atom. The quantitative estimate of drug-likeness (QED) is 0.231. The van der Waals surface area contributed by atoms with E-state index in [9.17, 15) is 13.2 Å². The van der Waals surface area contributed by atoms with Gasteiger partial charge in [-0.15, -0.1) is 13.2 Å². The number of nitrogens with zero attached hydrogens (tertiary/aromatic N) is 2. The summed E-state index contributed by atoms with van der Waals surface area (Å²) in [5, 5.41) is 12.8. The Morgan fingerprint density at radius 2 is 1.81 bits per heavy atom. The number of hydrogen-bond acceptors (Lipinski definition) is 7. The number of alkyl halides is 3. The van der Waals surface area contributed by atoms with Gasteiger partial charge < -0.3 is 15.2 Å². The van der Waals surface area contributed by atoms with E-state index >= 15 is 0 Å². The van der Waals surface area contributed by atoms with Crippen LogP contribution in [-0.2, 0) is 0 Å². The molecule has 0 spiro atoms. The van der Waals surface area contributed by atoms with Crippen molar-refractivity contribution in [1.29, 1.82) is 0 Å².